The molecule has 0 N–H and O–H groups in total. The summed E-state index contributed by atoms with van der Waals surface area (Å²) in [5.41, 5.74) is 7.74. The van der Waals surface area contributed by atoms with Gasteiger partial charge < -0.3 is 4.74 Å². The molecule has 0 amide bonds. The van der Waals surface area contributed by atoms with Gasteiger partial charge in [0, 0.05) is 0 Å². The lowest BCUT2D eigenvalue weighted by molar-refractivity contribution is 0.215. The Morgan fingerprint density at radius 2 is 1.60 bits per heavy atom. The van der Waals surface area contributed by atoms with Crippen LogP contribution in [0.4, 0.5) is 0 Å². The van der Waals surface area contributed by atoms with E-state index in [0.717, 1.165) is 0 Å². The monoisotopic (exact) mass is 322 g/mol. The Kier molecular flexibility index (Phi) is 3.39. The van der Waals surface area contributed by atoms with Crippen LogP contribution < -0.4 is 0 Å². The quantitative estimate of drug-likeness (QED) is 0.555. The minimum absolute atomic E-state index is 0.682. The van der Waals surface area contributed by atoms with Gasteiger partial charge in [-0.15, -0.1) is 0 Å². The summed E-state index contributed by atoms with van der Waals surface area (Å²) in [6.07, 6.45) is 6.70. The molecule has 0 radical (unpaired) electrons. The van der Waals surface area contributed by atoms with Gasteiger partial charge in [-0.1, -0.05) is 72.8 Å². The second-order valence-corrected chi connectivity index (χ2v) is 6.58. The predicted octanol–water partition coefficient (Wildman–Crippen LogP) is 5.73. The van der Waals surface area contributed by atoms with E-state index >= 15 is 0 Å². The molecule has 0 saturated carbocycles. The molecule has 120 valence electrons. The number of hydrogen-bond donors (Lipinski definition) is 0. The molecule has 1 saturated heterocycles. The molecule has 1 nitrogen and oxygen atoms in total. The molecule has 3 aromatic carbocycles. The highest BCUT2D eigenvalue weighted by atomic mass is 16.5. The summed E-state index contributed by atoms with van der Waals surface area (Å²) in [4.78, 5) is 0. The van der Waals surface area contributed by atoms with Crippen molar-refractivity contribution in [2.45, 2.75) is 0 Å². The van der Waals surface area contributed by atoms with E-state index in [0.29, 0.717) is 13.2 Å². The van der Waals surface area contributed by atoms with Crippen LogP contribution >= 0.6 is 0 Å². The Morgan fingerprint density at radius 1 is 0.760 bits per heavy atom. The molecule has 0 unspecified atom stereocenters. The van der Waals surface area contributed by atoms with Crippen LogP contribution in [0.15, 0.2) is 84.0 Å². The smallest absolute Gasteiger partial charge is 0.0731 e. The van der Waals surface area contributed by atoms with E-state index in [-0.39, 0.29) is 0 Å². The number of allylic oxidation sites excluding steroid dienone is 2. The van der Waals surface area contributed by atoms with Crippen LogP contribution in [0.25, 0.3) is 28.5 Å². The number of hydrogen-bond acceptors (Lipinski definition) is 1. The molecule has 25 heavy (non-hydrogen) atoms. The average molecular weight is 322 g/mol. The Balaban J connectivity index is 1.60. The van der Waals surface area contributed by atoms with Crippen molar-refractivity contribution in [3.05, 3.63) is 101 Å². The lowest BCUT2D eigenvalue weighted by Crippen LogP contribution is -1.91. The first kappa shape index (κ1) is 14.4. The maximum Gasteiger partial charge on any atom is 0.0731 e. The molecule has 0 aromatic heterocycles. The van der Waals surface area contributed by atoms with Crippen molar-refractivity contribution in [2.24, 2.45) is 0 Å². The van der Waals surface area contributed by atoms with Gasteiger partial charge in [0.2, 0.25) is 0 Å². The third-order valence-corrected chi connectivity index (χ3v) is 5.01. The molecule has 1 fully saturated rings. The van der Waals surface area contributed by atoms with E-state index in [2.05, 4.69) is 85.0 Å². The number of benzene rings is 3. The zero-order valence-electron chi connectivity index (χ0n) is 13.9. The molecule has 1 aliphatic heterocycles. The molecule has 3 aromatic rings. The SMILES string of the molecule is C1=Cc2ccccc2/C1=C1/COC/C1=C\c1ccc2ccccc2c1. The van der Waals surface area contributed by atoms with Crippen LogP contribution in [0.3, 0.4) is 0 Å². The summed E-state index contributed by atoms with van der Waals surface area (Å²) in [6, 6.07) is 23.7. The molecule has 5 rings (SSSR count). The normalized spacial score (nSPS) is 20.6. The minimum atomic E-state index is 0.682. The van der Waals surface area contributed by atoms with Crippen molar-refractivity contribution >= 4 is 28.5 Å². The summed E-state index contributed by atoms with van der Waals surface area (Å²) >= 11 is 0. The molecule has 0 atom stereocenters. The first-order valence-corrected chi connectivity index (χ1v) is 8.67. The molecule has 1 aliphatic carbocycles. The van der Waals surface area contributed by atoms with Crippen molar-refractivity contribution < 1.29 is 4.74 Å². The fraction of sp³-hybridized carbons (Fsp3) is 0.0833. The van der Waals surface area contributed by atoms with Gasteiger partial charge in [-0.2, -0.15) is 0 Å². The Bertz CT molecular complexity index is 1070. The van der Waals surface area contributed by atoms with Crippen LogP contribution in [0.1, 0.15) is 16.7 Å². The van der Waals surface area contributed by atoms with Crippen molar-refractivity contribution in [2.75, 3.05) is 13.2 Å². The predicted molar refractivity (Wildman–Crippen MR) is 105 cm³/mol. The number of fused-ring (bicyclic) bond motifs is 2. The van der Waals surface area contributed by atoms with E-state index < -0.39 is 0 Å². The molecule has 0 bridgehead atoms. The number of rotatable bonds is 1. The Hall–Kier alpha value is -2.90. The third kappa shape index (κ3) is 2.54. The van der Waals surface area contributed by atoms with Gasteiger partial charge >= 0.3 is 0 Å². The minimum Gasteiger partial charge on any atom is -0.372 e. The van der Waals surface area contributed by atoms with Gasteiger partial charge in [0.1, 0.15) is 0 Å². The van der Waals surface area contributed by atoms with Crippen LogP contribution in [0.2, 0.25) is 0 Å². The Labute approximate surface area is 147 Å². The zero-order valence-corrected chi connectivity index (χ0v) is 13.9. The highest BCUT2D eigenvalue weighted by Gasteiger charge is 2.21. The first-order valence-electron chi connectivity index (χ1n) is 8.67. The standard InChI is InChI=1S/C24H18O/c1-2-7-20-13-17(9-10-18(20)5-1)14-21-15-25-16-24(21)23-12-11-19-6-3-4-8-22(19)23/h1-14H,15-16H2/b21-14+,24-23-. The van der Waals surface area contributed by atoms with Crippen molar-refractivity contribution in [1.82, 2.24) is 0 Å². The fourth-order valence-electron chi connectivity index (χ4n) is 3.73. The largest absolute Gasteiger partial charge is 0.372 e. The van der Waals surface area contributed by atoms with Crippen LogP contribution in [-0.4, -0.2) is 13.2 Å². The van der Waals surface area contributed by atoms with E-state index in [9.17, 15) is 0 Å². The lowest BCUT2D eigenvalue weighted by atomic mass is 9.96. The molecule has 2 aliphatic rings. The maximum absolute atomic E-state index is 5.80. The summed E-state index contributed by atoms with van der Waals surface area (Å²) in [5, 5.41) is 2.55. The summed E-state index contributed by atoms with van der Waals surface area (Å²) in [6.45, 7) is 1.37. The van der Waals surface area contributed by atoms with Gasteiger partial charge in [-0.25, -0.2) is 0 Å². The molecular weight excluding hydrogens is 304 g/mol. The summed E-state index contributed by atoms with van der Waals surface area (Å²) < 4.78 is 5.80. The van der Waals surface area contributed by atoms with Gasteiger partial charge in [-0.05, 0) is 56.3 Å². The summed E-state index contributed by atoms with van der Waals surface area (Å²) in [5.74, 6) is 0. The van der Waals surface area contributed by atoms with Gasteiger partial charge in [0.05, 0.1) is 13.2 Å². The van der Waals surface area contributed by atoms with Crippen LogP contribution in [0.5, 0.6) is 0 Å². The topological polar surface area (TPSA) is 9.23 Å². The molecular formula is C24H18O. The van der Waals surface area contributed by atoms with Gasteiger partial charge in [-0.3, -0.25) is 0 Å². The fourth-order valence-corrected chi connectivity index (χ4v) is 3.73. The van der Waals surface area contributed by atoms with Crippen molar-refractivity contribution in [1.29, 1.82) is 0 Å². The molecule has 1 heterocycles. The van der Waals surface area contributed by atoms with Gasteiger partial charge in [0.15, 0.2) is 0 Å². The van der Waals surface area contributed by atoms with Gasteiger partial charge in [0.25, 0.3) is 0 Å². The maximum atomic E-state index is 5.80. The second kappa shape index (κ2) is 5.87. The Morgan fingerprint density at radius 3 is 2.56 bits per heavy atom. The molecule has 0 spiro atoms. The zero-order chi connectivity index (χ0) is 16.6. The highest BCUT2D eigenvalue weighted by Crippen LogP contribution is 2.36. The third-order valence-electron chi connectivity index (χ3n) is 5.01. The highest BCUT2D eigenvalue weighted by molar-refractivity contribution is 5.94. The van der Waals surface area contributed by atoms with Crippen LogP contribution in [0, 0.1) is 0 Å². The van der Waals surface area contributed by atoms with Crippen LogP contribution in [-0.2, 0) is 4.74 Å². The molecule has 1 heteroatoms. The van der Waals surface area contributed by atoms with Crippen molar-refractivity contribution in [3.8, 4) is 0 Å². The van der Waals surface area contributed by atoms with Crippen molar-refractivity contribution in [3.63, 3.8) is 0 Å². The number of ether oxygens (including phenoxy) is 1. The first-order chi connectivity index (χ1) is 12.4. The van der Waals surface area contributed by atoms with E-state index in [1.807, 2.05) is 0 Å². The second-order valence-electron chi connectivity index (χ2n) is 6.58. The summed E-state index contributed by atoms with van der Waals surface area (Å²) in [7, 11) is 0. The van der Waals surface area contributed by atoms with E-state index in [1.165, 1.54) is 44.2 Å². The average Bonchev–Trinajstić information content (AvgIpc) is 3.28. The van der Waals surface area contributed by atoms with E-state index in [4.69, 9.17) is 4.74 Å². The lowest BCUT2D eigenvalue weighted by Gasteiger charge is -2.07. The van der Waals surface area contributed by atoms with E-state index in [1.54, 1.807) is 0 Å².